The molecule has 0 aliphatic rings. The summed E-state index contributed by atoms with van der Waals surface area (Å²) in [4.78, 5) is 8.67. The second-order valence-electron chi connectivity index (χ2n) is 4.72. The lowest BCUT2D eigenvalue weighted by atomic mass is 10.1. The Morgan fingerprint density at radius 1 is 1.05 bits per heavy atom. The summed E-state index contributed by atoms with van der Waals surface area (Å²) in [5.41, 5.74) is 2.38. The zero-order valence-corrected chi connectivity index (χ0v) is 12.2. The van der Waals surface area contributed by atoms with Gasteiger partial charge in [0.2, 0.25) is 5.95 Å². The third kappa shape index (κ3) is 4.23. The standard InChI is InChI=1S/C16H22N4/c1-3-5-11-17-16-18-12-10-15(20-16)19-14-8-6-13(4-2)7-9-14/h6-10,12H,3-5,11H2,1-2H3,(H2,17,18,19,20). The first kappa shape index (κ1) is 14.3. The zero-order valence-electron chi connectivity index (χ0n) is 12.2. The van der Waals surface area contributed by atoms with Gasteiger partial charge < -0.3 is 10.6 Å². The molecule has 2 aromatic rings. The molecule has 4 nitrogen and oxygen atoms in total. The number of aromatic nitrogens is 2. The SMILES string of the molecule is CCCCNc1nccc(Nc2ccc(CC)cc2)n1. The van der Waals surface area contributed by atoms with Crippen LogP contribution in [0.15, 0.2) is 36.5 Å². The van der Waals surface area contributed by atoms with E-state index >= 15 is 0 Å². The van der Waals surface area contributed by atoms with Gasteiger partial charge in [0.15, 0.2) is 0 Å². The number of aryl methyl sites for hydroxylation is 1. The van der Waals surface area contributed by atoms with Crippen LogP contribution in [-0.2, 0) is 6.42 Å². The van der Waals surface area contributed by atoms with Crippen LogP contribution in [0.1, 0.15) is 32.3 Å². The maximum Gasteiger partial charge on any atom is 0.224 e. The summed E-state index contributed by atoms with van der Waals surface area (Å²) in [5.74, 6) is 1.48. The van der Waals surface area contributed by atoms with Crippen molar-refractivity contribution in [2.75, 3.05) is 17.2 Å². The van der Waals surface area contributed by atoms with Crippen molar-refractivity contribution in [3.63, 3.8) is 0 Å². The highest BCUT2D eigenvalue weighted by molar-refractivity contribution is 5.57. The molecule has 20 heavy (non-hydrogen) atoms. The van der Waals surface area contributed by atoms with E-state index in [1.165, 1.54) is 5.56 Å². The molecule has 0 amide bonds. The first-order chi connectivity index (χ1) is 9.81. The quantitative estimate of drug-likeness (QED) is 0.747. The van der Waals surface area contributed by atoms with Crippen LogP contribution in [-0.4, -0.2) is 16.5 Å². The van der Waals surface area contributed by atoms with Gasteiger partial charge in [-0.05, 0) is 36.6 Å². The number of unbranched alkanes of at least 4 members (excludes halogenated alkanes) is 1. The summed E-state index contributed by atoms with van der Waals surface area (Å²) < 4.78 is 0. The monoisotopic (exact) mass is 270 g/mol. The first-order valence-corrected chi connectivity index (χ1v) is 7.24. The number of benzene rings is 1. The van der Waals surface area contributed by atoms with E-state index in [1.54, 1.807) is 6.20 Å². The van der Waals surface area contributed by atoms with E-state index in [-0.39, 0.29) is 0 Å². The predicted octanol–water partition coefficient (Wildman–Crippen LogP) is 3.99. The normalized spacial score (nSPS) is 10.3. The summed E-state index contributed by atoms with van der Waals surface area (Å²) in [5, 5.41) is 6.52. The summed E-state index contributed by atoms with van der Waals surface area (Å²) in [6.07, 6.45) is 5.11. The highest BCUT2D eigenvalue weighted by atomic mass is 15.1. The highest BCUT2D eigenvalue weighted by Crippen LogP contribution is 2.16. The van der Waals surface area contributed by atoms with Gasteiger partial charge in [-0.3, -0.25) is 0 Å². The van der Waals surface area contributed by atoms with Crippen molar-refractivity contribution < 1.29 is 0 Å². The number of hydrogen-bond donors (Lipinski definition) is 2. The molecule has 0 atom stereocenters. The Labute approximate surface area is 120 Å². The predicted molar refractivity (Wildman–Crippen MR) is 84.5 cm³/mol. The molecule has 4 heteroatoms. The molecule has 0 fully saturated rings. The number of nitrogens with one attached hydrogen (secondary N) is 2. The molecule has 1 heterocycles. The van der Waals surface area contributed by atoms with Gasteiger partial charge >= 0.3 is 0 Å². The van der Waals surface area contributed by atoms with E-state index in [1.807, 2.05) is 6.07 Å². The Balaban J connectivity index is 1.99. The number of rotatable bonds is 7. The van der Waals surface area contributed by atoms with Gasteiger partial charge in [0.25, 0.3) is 0 Å². The van der Waals surface area contributed by atoms with Crippen molar-refractivity contribution in [2.45, 2.75) is 33.1 Å². The minimum Gasteiger partial charge on any atom is -0.354 e. The molecule has 0 aliphatic carbocycles. The van der Waals surface area contributed by atoms with Crippen molar-refractivity contribution in [2.24, 2.45) is 0 Å². The van der Waals surface area contributed by atoms with E-state index in [4.69, 9.17) is 0 Å². The summed E-state index contributed by atoms with van der Waals surface area (Å²) in [6.45, 7) is 5.23. The third-order valence-corrected chi connectivity index (χ3v) is 3.10. The van der Waals surface area contributed by atoms with Gasteiger partial charge in [0.05, 0.1) is 0 Å². The molecule has 1 aromatic carbocycles. The van der Waals surface area contributed by atoms with E-state index in [2.05, 4.69) is 58.7 Å². The van der Waals surface area contributed by atoms with E-state index in [0.717, 1.165) is 37.3 Å². The average Bonchev–Trinajstić information content (AvgIpc) is 2.49. The topological polar surface area (TPSA) is 49.8 Å². The molecule has 0 saturated heterocycles. The van der Waals surface area contributed by atoms with Crippen molar-refractivity contribution in [1.29, 1.82) is 0 Å². The van der Waals surface area contributed by atoms with Crippen LogP contribution in [0.25, 0.3) is 0 Å². The van der Waals surface area contributed by atoms with Crippen LogP contribution >= 0.6 is 0 Å². The van der Waals surface area contributed by atoms with Gasteiger partial charge in [-0.15, -0.1) is 0 Å². The Hall–Kier alpha value is -2.10. The number of nitrogens with zero attached hydrogens (tertiary/aromatic N) is 2. The van der Waals surface area contributed by atoms with Gasteiger partial charge in [-0.25, -0.2) is 4.98 Å². The van der Waals surface area contributed by atoms with Crippen LogP contribution in [0.3, 0.4) is 0 Å². The minimum atomic E-state index is 0.675. The van der Waals surface area contributed by atoms with Crippen LogP contribution < -0.4 is 10.6 Å². The van der Waals surface area contributed by atoms with Gasteiger partial charge in [0.1, 0.15) is 5.82 Å². The van der Waals surface area contributed by atoms with Gasteiger partial charge in [0, 0.05) is 18.4 Å². The Morgan fingerprint density at radius 2 is 1.85 bits per heavy atom. The highest BCUT2D eigenvalue weighted by Gasteiger charge is 1.99. The maximum absolute atomic E-state index is 4.45. The molecule has 0 aliphatic heterocycles. The molecule has 106 valence electrons. The van der Waals surface area contributed by atoms with Crippen LogP contribution in [0.5, 0.6) is 0 Å². The van der Waals surface area contributed by atoms with E-state index in [0.29, 0.717) is 5.95 Å². The first-order valence-electron chi connectivity index (χ1n) is 7.24. The van der Waals surface area contributed by atoms with E-state index < -0.39 is 0 Å². The Bertz CT molecular complexity index is 522. The van der Waals surface area contributed by atoms with Gasteiger partial charge in [-0.2, -0.15) is 4.98 Å². The molecule has 2 N–H and O–H groups in total. The lowest BCUT2D eigenvalue weighted by Gasteiger charge is -2.08. The fraction of sp³-hybridized carbons (Fsp3) is 0.375. The molecule has 0 saturated carbocycles. The molecule has 0 bridgehead atoms. The summed E-state index contributed by atoms with van der Waals surface area (Å²) in [6, 6.07) is 10.3. The Kier molecular flexibility index (Phi) is 5.35. The smallest absolute Gasteiger partial charge is 0.224 e. The number of anilines is 3. The molecule has 1 aromatic heterocycles. The minimum absolute atomic E-state index is 0.675. The fourth-order valence-electron chi connectivity index (χ4n) is 1.86. The second-order valence-corrected chi connectivity index (χ2v) is 4.72. The lowest BCUT2D eigenvalue weighted by Crippen LogP contribution is -2.06. The molecule has 0 spiro atoms. The van der Waals surface area contributed by atoms with Crippen LogP contribution in [0.4, 0.5) is 17.5 Å². The largest absolute Gasteiger partial charge is 0.354 e. The van der Waals surface area contributed by atoms with Crippen LogP contribution in [0, 0.1) is 0 Å². The van der Waals surface area contributed by atoms with Gasteiger partial charge in [-0.1, -0.05) is 32.4 Å². The van der Waals surface area contributed by atoms with Crippen LogP contribution in [0.2, 0.25) is 0 Å². The molecule has 2 rings (SSSR count). The molecule has 0 radical (unpaired) electrons. The zero-order chi connectivity index (χ0) is 14.2. The lowest BCUT2D eigenvalue weighted by molar-refractivity contribution is 0.826. The van der Waals surface area contributed by atoms with Crippen molar-refractivity contribution >= 4 is 17.5 Å². The van der Waals surface area contributed by atoms with Crippen molar-refractivity contribution in [3.05, 3.63) is 42.1 Å². The van der Waals surface area contributed by atoms with Crippen molar-refractivity contribution in [1.82, 2.24) is 9.97 Å². The molecule has 0 unspecified atom stereocenters. The molecular weight excluding hydrogens is 248 g/mol. The fourth-order valence-corrected chi connectivity index (χ4v) is 1.86. The Morgan fingerprint density at radius 3 is 2.55 bits per heavy atom. The average molecular weight is 270 g/mol. The second kappa shape index (κ2) is 7.48. The summed E-state index contributed by atoms with van der Waals surface area (Å²) >= 11 is 0. The molecular formula is C16H22N4. The number of hydrogen-bond acceptors (Lipinski definition) is 4. The third-order valence-electron chi connectivity index (χ3n) is 3.10. The summed E-state index contributed by atoms with van der Waals surface area (Å²) in [7, 11) is 0. The van der Waals surface area contributed by atoms with E-state index in [9.17, 15) is 0 Å². The maximum atomic E-state index is 4.45. The van der Waals surface area contributed by atoms with Crippen molar-refractivity contribution in [3.8, 4) is 0 Å².